The molecular weight excluding hydrogens is 314 g/mol. The van der Waals surface area contributed by atoms with Gasteiger partial charge in [-0.2, -0.15) is 8.78 Å². The van der Waals surface area contributed by atoms with Crippen LogP contribution in [-0.2, 0) is 0 Å². The minimum atomic E-state index is -2.85. The van der Waals surface area contributed by atoms with Gasteiger partial charge in [-0.1, -0.05) is 0 Å². The van der Waals surface area contributed by atoms with E-state index in [0.717, 1.165) is 32.5 Å². The summed E-state index contributed by atoms with van der Waals surface area (Å²) in [6.07, 6.45) is 2.11. The number of rotatable bonds is 5. The maximum atomic E-state index is 12.4. The zero-order valence-corrected chi connectivity index (χ0v) is 13.2. The lowest BCUT2D eigenvalue weighted by atomic mass is 9.97. The molecule has 1 fully saturated rings. The first kappa shape index (κ1) is 18.6. The van der Waals surface area contributed by atoms with Gasteiger partial charge in [-0.25, -0.2) is 0 Å². The minimum Gasteiger partial charge on any atom is -0.435 e. The number of hydrogen-bond donors (Lipinski definition) is 1. The molecule has 1 aliphatic heterocycles. The fourth-order valence-corrected chi connectivity index (χ4v) is 2.67. The van der Waals surface area contributed by atoms with E-state index in [1.807, 2.05) is 11.9 Å². The summed E-state index contributed by atoms with van der Waals surface area (Å²) >= 11 is 0. The summed E-state index contributed by atoms with van der Waals surface area (Å²) in [7, 11) is 1.91. The third kappa shape index (κ3) is 5.10. The first-order valence-electron chi connectivity index (χ1n) is 7.09. The van der Waals surface area contributed by atoms with Crippen molar-refractivity contribution < 1.29 is 18.3 Å². The predicted molar refractivity (Wildman–Crippen MR) is 82.9 cm³/mol. The van der Waals surface area contributed by atoms with Gasteiger partial charge in [-0.15, -0.1) is 12.4 Å². The average molecular weight is 335 g/mol. The van der Waals surface area contributed by atoms with Crippen LogP contribution in [0.25, 0.3) is 0 Å². The molecule has 22 heavy (non-hydrogen) atoms. The van der Waals surface area contributed by atoms with E-state index in [-0.39, 0.29) is 24.1 Å². The van der Waals surface area contributed by atoms with E-state index in [9.17, 15) is 13.6 Å². The Morgan fingerprint density at radius 3 is 2.68 bits per heavy atom. The summed E-state index contributed by atoms with van der Waals surface area (Å²) in [6, 6.07) is 5.85. The molecule has 4 nitrogen and oxygen atoms in total. The number of amides is 1. The van der Waals surface area contributed by atoms with Crippen LogP contribution < -0.4 is 10.1 Å². The zero-order chi connectivity index (χ0) is 15.2. The van der Waals surface area contributed by atoms with Gasteiger partial charge in [-0.05, 0) is 56.6 Å². The number of likely N-dealkylation sites (tertiary alicyclic amines) is 1. The molecule has 1 aromatic carbocycles. The zero-order valence-electron chi connectivity index (χ0n) is 12.4. The molecule has 1 saturated heterocycles. The molecule has 1 N–H and O–H groups in total. The highest BCUT2D eigenvalue weighted by atomic mass is 35.5. The van der Waals surface area contributed by atoms with Crippen LogP contribution in [0.5, 0.6) is 5.75 Å². The van der Waals surface area contributed by atoms with Gasteiger partial charge in [0.05, 0.1) is 0 Å². The molecular formula is C15H21ClF2N2O2. The van der Waals surface area contributed by atoms with Gasteiger partial charge in [0.15, 0.2) is 0 Å². The summed E-state index contributed by atoms with van der Waals surface area (Å²) < 4.78 is 28.4. The number of nitrogens with zero attached hydrogens (tertiary/aromatic N) is 1. The quantitative estimate of drug-likeness (QED) is 0.900. The smallest absolute Gasteiger partial charge is 0.387 e. The topological polar surface area (TPSA) is 41.6 Å². The lowest BCUT2D eigenvalue weighted by Gasteiger charge is -2.32. The number of alkyl halides is 2. The maximum absolute atomic E-state index is 12.4. The summed E-state index contributed by atoms with van der Waals surface area (Å²) in [5.41, 5.74) is 0.502. The number of carbonyl (C=O) groups is 1. The Balaban J connectivity index is 0.00000242. The van der Waals surface area contributed by atoms with E-state index in [0.29, 0.717) is 11.5 Å². The molecule has 1 heterocycles. The summed E-state index contributed by atoms with van der Waals surface area (Å²) in [5, 5.41) is 3.14. The van der Waals surface area contributed by atoms with Crippen molar-refractivity contribution >= 4 is 18.3 Å². The Hall–Kier alpha value is -1.40. The van der Waals surface area contributed by atoms with E-state index in [4.69, 9.17) is 0 Å². The van der Waals surface area contributed by atoms with Crippen molar-refractivity contribution in [3.05, 3.63) is 29.8 Å². The molecule has 0 aliphatic carbocycles. The number of ether oxygens (including phenoxy) is 1. The Morgan fingerprint density at radius 1 is 1.41 bits per heavy atom. The van der Waals surface area contributed by atoms with Crippen molar-refractivity contribution in [2.75, 3.05) is 26.7 Å². The lowest BCUT2D eigenvalue weighted by molar-refractivity contribution is -0.0498. The van der Waals surface area contributed by atoms with Crippen molar-refractivity contribution in [1.82, 2.24) is 10.2 Å². The van der Waals surface area contributed by atoms with Gasteiger partial charge in [0.25, 0.3) is 5.91 Å². The summed E-state index contributed by atoms with van der Waals surface area (Å²) in [6.45, 7) is -0.482. The van der Waals surface area contributed by atoms with Crippen LogP contribution >= 0.6 is 12.4 Å². The minimum absolute atomic E-state index is 0. The van der Waals surface area contributed by atoms with Crippen LogP contribution in [0.15, 0.2) is 24.3 Å². The fourth-order valence-electron chi connectivity index (χ4n) is 2.67. The second-order valence-corrected chi connectivity index (χ2v) is 5.22. The molecule has 0 aromatic heterocycles. The third-order valence-corrected chi connectivity index (χ3v) is 3.63. The number of benzene rings is 1. The average Bonchev–Trinajstić information content (AvgIpc) is 2.47. The van der Waals surface area contributed by atoms with Crippen LogP contribution in [-0.4, -0.2) is 44.1 Å². The lowest BCUT2D eigenvalue weighted by Crippen LogP contribution is -2.42. The van der Waals surface area contributed by atoms with E-state index in [1.54, 1.807) is 0 Å². The highest BCUT2D eigenvalue weighted by Gasteiger charge is 2.24. The van der Waals surface area contributed by atoms with Crippen molar-refractivity contribution in [3.8, 4) is 5.75 Å². The van der Waals surface area contributed by atoms with E-state index < -0.39 is 6.61 Å². The molecule has 7 heteroatoms. The molecule has 0 bridgehead atoms. The maximum Gasteiger partial charge on any atom is 0.387 e. The molecule has 2 rings (SSSR count). The van der Waals surface area contributed by atoms with E-state index in [1.165, 1.54) is 24.3 Å². The Kier molecular flexibility index (Phi) is 7.55. The highest BCUT2D eigenvalue weighted by molar-refractivity contribution is 5.94. The van der Waals surface area contributed by atoms with Crippen molar-refractivity contribution in [3.63, 3.8) is 0 Å². The largest absolute Gasteiger partial charge is 0.435 e. The number of halogens is 3. The monoisotopic (exact) mass is 334 g/mol. The van der Waals surface area contributed by atoms with E-state index >= 15 is 0 Å². The highest BCUT2D eigenvalue weighted by Crippen LogP contribution is 2.20. The standard InChI is InChI=1S/C15H20F2N2O2.ClH/c1-18-9-11-3-2-8-19(10-11)14(20)12-4-6-13(7-5-12)21-15(16)17;/h4-7,11,15,18H,2-3,8-10H2,1H3;1H. The van der Waals surface area contributed by atoms with Crippen molar-refractivity contribution in [2.24, 2.45) is 5.92 Å². The first-order chi connectivity index (χ1) is 10.1. The molecule has 1 atom stereocenters. The molecule has 0 radical (unpaired) electrons. The van der Waals surface area contributed by atoms with Gasteiger partial charge in [0.2, 0.25) is 0 Å². The van der Waals surface area contributed by atoms with E-state index in [2.05, 4.69) is 10.1 Å². The molecule has 1 aromatic rings. The Morgan fingerprint density at radius 2 is 2.09 bits per heavy atom. The van der Waals surface area contributed by atoms with Crippen LogP contribution in [0.4, 0.5) is 8.78 Å². The van der Waals surface area contributed by atoms with Crippen LogP contribution in [0.3, 0.4) is 0 Å². The van der Waals surface area contributed by atoms with Crippen LogP contribution in [0.1, 0.15) is 23.2 Å². The SMILES string of the molecule is CNCC1CCCN(C(=O)c2ccc(OC(F)F)cc2)C1.Cl. The number of piperidine rings is 1. The van der Waals surface area contributed by atoms with Gasteiger partial charge in [-0.3, -0.25) is 4.79 Å². The van der Waals surface area contributed by atoms with Crippen LogP contribution in [0, 0.1) is 5.92 Å². The molecule has 0 saturated carbocycles. The van der Waals surface area contributed by atoms with Gasteiger partial charge >= 0.3 is 6.61 Å². The third-order valence-electron chi connectivity index (χ3n) is 3.63. The normalized spacial score (nSPS) is 18.0. The predicted octanol–water partition coefficient (Wildman–Crippen LogP) is 2.78. The molecule has 1 amide bonds. The molecule has 124 valence electrons. The van der Waals surface area contributed by atoms with Gasteiger partial charge in [0, 0.05) is 18.7 Å². The second kappa shape index (κ2) is 8.90. The van der Waals surface area contributed by atoms with Gasteiger partial charge < -0.3 is 15.0 Å². The summed E-state index contributed by atoms with van der Waals surface area (Å²) in [5.74, 6) is 0.474. The molecule has 0 spiro atoms. The molecule has 1 aliphatic rings. The van der Waals surface area contributed by atoms with Crippen molar-refractivity contribution in [1.29, 1.82) is 0 Å². The fraction of sp³-hybridized carbons (Fsp3) is 0.533. The number of nitrogens with one attached hydrogen (secondary N) is 1. The Labute approximate surface area is 135 Å². The first-order valence-corrected chi connectivity index (χ1v) is 7.09. The number of hydrogen-bond acceptors (Lipinski definition) is 3. The second-order valence-electron chi connectivity index (χ2n) is 5.22. The molecule has 1 unspecified atom stereocenters. The van der Waals surface area contributed by atoms with Crippen molar-refractivity contribution in [2.45, 2.75) is 19.5 Å². The Bertz CT molecular complexity index is 469. The summed E-state index contributed by atoms with van der Waals surface area (Å²) in [4.78, 5) is 14.2. The van der Waals surface area contributed by atoms with Crippen LogP contribution in [0.2, 0.25) is 0 Å². The number of carbonyl (C=O) groups excluding carboxylic acids is 1. The van der Waals surface area contributed by atoms with Gasteiger partial charge in [0.1, 0.15) is 5.75 Å².